The minimum Gasteiger partial charge on any atom is -0.415 e. The first kappa shape index (κ1) is 25.6. The van der Waals surface area contributed by atoms with Crippen LogP contribution in [0.4, 0.5) is 0 Å². The van der Waals surface area contributed by atoms with E-state index >= 15 is 0 Å². The molecule has 4 aromatic rings. The highest BCUT2D eigenvalue weighted by molar-refractivity contribution is 7.89. The van der Waals surface area contributed by atoms with Crippen LogP contribution in [0.15, 0.2) is 70.0 Å². The fraction of sp³-hybridized carbons (Fsp3) is 0.269. The zero-order valence-corrected chi connectivity index (χ0v) is 22.4. The summed E-state index contributed by atoms with van der Waals surface area (Å²) in [4.78, 5) is 15.0. The second kappa shape index (κ2) is 10.7. The molecule has 11 heteroatoms. The molecule has 1 aliphatic rings. The standard InChI is InChI=1S/C26H25ClN4O4S2/c1-17-5-14-23(36-17)26-30-29-25(35-26)19-8-6-18(7-9-19)16-31(22-4-2-3-15-28-24(22)32)37(33,34)21-12-10-20(27)11-13-21/h5-14,22H,2-4,15-16H2,1H3,(H,28,32)/t22-/m1/s1. The van der Waals surface area contributed by atoms with Crippen molar-refractivity contribution in [3.8, 4) is 22.2 Å². The number of hydrogen-bond donors (Lipinski definition) is 1. The van der Waals surface area contributed by atoms with Crippen molar-refractivity contribution in [1.29, 1.82) is 0 Å². The minimum atomic E-state index is -3.98. The van der Waals surface area contributed by atoms with Crippen LogP contribution >= 0.6 is 22.9 Å². The third kappa shape index (κ3) is 5.62. The molecule has 0 aliphatic carbocycles. The van der Waals surface area contributed by atoms with E-state index in [2.05, 4.69) is 15.5 Å². The topological polar surface area (TPSA) is 105 Å². The van der Waals surface area contributed by atoms with E-state index in [4.69, 9.17) is 16.0 Å². The van der Waals surface area contributed by atoms with Crippen molar-refractivity contribution in [3.05, 3.63) is 76.1 Å². The van der Waals surface area contributed by atoms with E-state index in [-0.39, 0.29) is 17.3 Å². The average molecular weight is 557 g/mol. The van der Waals surface area contributed by atoms with Crippen LogP contribution < -0.4 is 5.32 Å². The Kier molecular flexibility index (Phi) is 7.43. The van der Waals surface area contributed by atoms with Crippen molar-refractivity contribution in [3.63, 3.8) is 0 Å². The van der Waals surface area contributed by atoms with Gasteiger partial charge >= 0.3 is 0 Å². The number of carbonyl (C=O) groups is 1. The number of amides is 1. The van der Waals surface area contributed by atoms with Gasteiger partial charge in [-0.15, -0.1) is 21.5 Å². The zero-order valence-electron chi connectivity index (χ0n) is 20.1. The van der Waals surface area contributed by atoms with E-state index in [1.807, 2.05) is 43.3 Å². The minimum absolute atomic E-state index is 0.0346. The van der Waals surface area contributed by atoms with Crippen molar-refractivity contribution >= 4 is 38.9 Å². The van der Waals surface area contributed by atoms with E-state index in [1.54, 1.807) is 11.3 Å². The van der Waals surface area contributed by atoms with Crippen molar-refractivity contribution in [1.82, 2.24) is 19.8 Å². The summed E-state index contributed by atoms with van der Waals surface area (Å²) in [5, 5.41) is 11.6. The van der Waals surface area contributed by atoms with Crippen LogP contribution in [0.1, 0.15) is 29.7 Å². The number of benzene rings is 2. The third-order valence-electron chi connectivity index (χ3n) is 6.19. The quantitative estimate of drug-likeness (QED) is 0.332. The van der Waals surface area contributed by atoms with Gasteiger partial charge in [0, 0.05) is 28.6 Å². The number of aryl methyl sites for hydroxylation is 1. The molecule has 5 rings (SSSR count). The molecule has 1 saturated heterocycles. The van der Waals surface area contributed by atoms with Crippen LogP contribution in [0.25, 0.3) is 22.2 Å². The normalized spacial score (nSPS) is 16.5. The van der Waals surface area contributed by atoms with Gasteiger partial charge in [-0.3, -0.25) is 4.79 Å². The van der Waals surface area contributed by atoms with Crippen molar-refractivity contribution < 1.29 is 17.6 Å². The Hall–Kier alpha value is -3.05. The van der Waals surface area contributed by atoms with Gasteiger partial charge in [0.25, 0.3) is 5.89 Å². The molecule has 3 heterocycles. The summed E-state index contributed by atoms with van der Waals surface area (Å²) >= 11 is 7.55. The lowest BCUT2D eigenvalue weighted by Crippen LogP contribution is -2.48. The summed E-state index contributed by atoms with van der Waals surface area (Å²) in [6, 6.07) is 16.4. The molecule has 0 saturated carbocycles. The number of sulfonamides is 1. The predicted molar refractivity (Wildman–Crippen MR) is 143 cm³/mol. The number of carbonyl (C=O) groups excluding carboxylic acids is 1. The summed E-state index contributed by atoms with van der Waals surface area (Å²) < 4.78 is 34.5. The van der Waals surface area contributed by atoms with Crippen molar-refractivity contribution in [2.24, 2.45) is 0 Å². The Morgan fingerprint density at radius 1 is 1.03 bits per heavy atom. The molecule has 0 bridgehead atoms. The lowest BCUT2D eigenvalue weighted by molar-refractivity contribution is -0.124. The summed E-state index contributed by atoms with van der Waals surface area (Å²) in [5.41, 5.74) is 1.45. The van der Waals surface area contributed by atoms with E-state index < -0.39 is 16.1 Å². The fourth-order valence-corrected chi connectivity index (χ4v) is 6.75. The van der Waals surface area contributed by atoms with Gasteiger partial charge in [-0.25, -0.2) is 8.42 Å². The molecule has 2 aromatic heterocycles. The molecule has 2 aromatic carbocycles. The predicted octanol–water partition coefficient (Wildman–Crippen LogP) is 5.29. The van der Waals surface area contributed by atoms with Gasteiger partial charge < -0.3 is 9.73 Å². The Balaban J connectivity index is 1.42. The van der Waals surface area contributed by atoms with Gasteiger partial charge in [0.1, 0.15) is 6.04 Å². The Morgan fingerprint density at radius 2 is 1.76 bits per heavy atom. The van der Waals surface area contributed by atoms with Crippen molar-refractivity contribution in [2.45, 2.75) is 43.7 Å². The fourth-order valence-electron chi connectivity index (χ4n) is 4.22. The number of nitrogens with one attached hydrogen (secondary N) is 1. The van der Waals surface area contributed by atoms with Crippen LogP contribution in [-0.2, 0) is 21.4 Å². The van der Waals surface area contributed by atoms with Gasteiger partial charge in [0.15, 0.2) is 0 Å². The Morgan fingerprint density at radius 3 is 2.46 bits per heavy atom. The molecule has 1 atom stereocenters. The van der Waals surface area contributed by atoms with Gasteiger partial charge in [0.05, 0.1) is 9.77 Å². The molecule has 1 aliphatic heterocycles. The lowest BCUT2D eigenvalue weighted by Gasteiger charge is -2.29. The molecule has 8 nitrogen and oxygen atoms in total. The van der Waals surface area contributed by atoms with E-state index in [9.17, 15) is 13.2 Å². The van der Waals surface area contributed by atoms with Crippen LogP contribution in [-0.4, -0.2) is 41.4 Å². The smallest absolute Gasteiger partial charge is 0.258 e. The first-order valence-corrected chi connectivity index (χ1v) is 14.5. The molecule has 1 amide bonds. The first-order chi connectivity index (χ1) is 17.8. The number of aromatic nitrogens is 2. The summed E-state index contributed by atoms with van der Waals surface area (Å²) in [5.74, 6) is 0.548. The Bertz CT molecular complexity index is 1500. The van der Waals surface area contributed by atoms with Gasteiger partial charge in [-0.05, 0) is 80.3 Å². The van der Waals surface area contributed by atoms with E-state index in [0.29, 0.717) is 29.8 Å². The zero-order chi connectivity index (χ0) is 26.0. The molecular formula is C26H25ClN4O4S2. The van der Waals surface area contributed by atoms with Crippen LogP contribution in [0.5, 0.6) is 0 Å². The van der Waals surface area contributed by atoms with E-state index in [1.165, 1.54) is 28.6 Å². The first-order valence-electron chi connectivity index (χ1n) is 11.9. The summed E-state index contributed by atoms with van der Waals surface area (Å²) in [6.07, 6.45) is 2.00. The van der Waals surface area contributed by atoms with Gasteiger partial charge in [-0.2, -0.15) is 4.31 Å². The number of thiophene rings is 1. The SMILES string of the molecule is Cc1ccc(-c2nnc(-c3ccc(CN([C@@H]4CCCCNC4=O)S(=O)(=O)c4ccc(Cl)cc4)cc3)o2)s1. The maximum absolute atomic E-state index is 13.7. The average Bonchev–Trinajstić information content (AvgIpc) is 3.50. The van der Waals surface area contributed by atoms with Gasteiger partial charge in [0.2, 0.25) is 21.8 Å². The maximum Gasteiger partial charge on any atom is 0.258 e. The number of hydrogen-bond acceptors (Lipinski definition) is 7. The summed E-state index contributed by atoms with van der Waals surface area (Å²) in [6.45, 7) is 2.59. The number of rotatable bonds is 7. The largest absolute Gasteiger partial charge is 0.415 e. The lowest BCUT2D eigenvalue weighted by atomic mass is 10.1. The molecular weight excluding hydrogens is 532 g/mol. The molecule has 37 heavy (non-hydrogen) atoms. The van der Waals surface area contributed by atoms with E-state index in [0.717, 1.165) is 33.7 Å². The molecule has 1 N–H and O–H groups in total. The Labute approximate surface area is 224 Å². The van der Waals surface area contributed by atoms with Crippen molar-refractivity contribution in [2.75, 3.05) is 6.54 Å². The number of halogens is 1. The highest BCUT2D eigenvalue weighted by Crippen LogP contribution is 2.30. The molecule has 192 valence electrons. The second-order valence-corrected chi connectivity index (χ2v) is 12.4. The highest BCUT2D eigenvalue weighted by Gasteiger charge is 2.36. The summed E-state index contributed by atoms with van der Waals surface area (Å²) in [7, 11) is -3.98. The molecule has 0 unspecified atom stereocenters. The third-order valence-corrected chi connectivity index (χ3v) is 9.30. The monoisotopic (exact) mass is 556 g/mol. The molecule has 0 radical (unpaired) electrons. The van der Waals surface area contributed by atoms with Crippen LogP contribution in [0, 0.1) is 6.92 Å². The van der Waals surface area contributed by atoms with Crippen LogP contribution in [0.2, 0.25) is 5.02 Å². The second-order valence-electron chi connectivity index (χ2n) is 8.83. The molecule has 0 spiro atoms. The van der Waals surface area contributed by atoms with Crippen LogP contribution in [0.3, 0.4) is 0 Å². The highest BCUT2D eigenvalue weighted by atomic mass is 35.5. The number of nitrogens with zero attached hydrogens (tertiary/aromatic N) is 3. The maximum atomic E-state index is 13.7. The van der Waals surface area contributed by atoms with Gasteiger partial charge in [-0.1, -0.05) is 23.7 Å². The molecule has 1 fully saturated rings.